The van der Waals surface area contributed by atoms with E-state index in [1.54, 1.807) is 13.0 Å². The monoisotopic (exact) mass is 417 g/mol. The number of amides is 1. The highest BCUT2D eigenvalue weighted by atomic mass is 28.4. The topological polar surface area (TPSA) is 75.6 Å². The fourth-order valence-electron chi connectivity index (χ4n) is 4.78. The highest BCUT2D eigenvalue weighted by Crippen LogP contribution is 2.46. The van der Waals surface area contributed by atoms with Crippen LogP contribution in [0.15, 0.2) is 36.0 Å². The van der Waals surface area contributed by atoms with Gasteiger partial charge in [-0.2, -0.15) is 0 Å². The van der Waals surface area contributed by atoms with Crippen LogP contribution in [-0.2, 0) is 14.0 Å². The van der Waals surface area contributed by atoms with E-state index in [4.69, 9.17) is 4.43 Å². The van der Waals surface area contributed by atoms with Crippen molar-refractivity contribution >= 4 is 26.1 Å². The summed E-state index contributed by atoms with van der Waals surface area (Å²) in [4.78, 5) is 25.6. The first-order valence-electron chi connectivity index (χ1n) is 10.5. The van der Waals surface area contributed by atoms with Crippen LogP contribution in [0.25, 0.3) is 6.08 Å². The average molecular weight is 418 g/mol. The molecule has 1 heterocycles. The number of carbonyl (C=O) groups is 2. The second-order valence-corrected chi connectivity index (χ2v) is 14.2. The van der Waals surface area contributed by atoms with E-state index >= 15 is 0 Å². The van der Waals surface area contributed by atoms with Crippen LogP contribution in [0, 0.1) is 0 Å². The highest BCUT2D eigenvalue weighted by Gasteiger charge is 2.61. The molecule has 0 saturated carbocycles. The third kappa shape index (κ3) is 4.11. The summed E-state index contributed by atoms with van der Waals surface area (Å²) >= 11 is 0. The minimum Gasteiger partial charge on any atom is -0.404 e. The molecule has 0 bridgehead atoms. The minimum atomic E-state index is -2.47. The standard InChI is InChI=1S/C23H35NO4Si/c1-8-20(25)23(27)21(28-29(15(2)3,16(4)5)17(6)7)19(24-22(23)26)14-18-12-10-9-11-13-18/h9-17,21,27H,8H2,1-7H3,(H,24,26)/b19-14-/t21-,23+/m0/s1. The normalized spacial score (nSPS) is 24.0. The molecule has 0 aliphatic carbocycles. The van der Waals surface area contributed by atoms with Crippen molar-refractivity contribution in [3.05, 3.63) is 41.6 Å². The van der Waals surface area contributed by atoms with E-state index in [0.29, 0.717) is 5.70 Å². The third-order valence-electron chi connectivity index (χ3n) is 6.16. The highest BCUT2D eigenvalue weighted by molar-refractivity contribution is 6.77. The molecule has 1 fully saturated rings. The van der Waals surface area contributed by atoms with Gasteiger partial charge in [0.2, 0.25) is 13.9 Å². The Morgan fingerprint density at radius 2 is 1.66 bits per heavy atom. The quantitative estimate of drug-likeness (QED) is 0.485. The fourth-order valence-corrected chi connectivity index (χ4v) is 10.3. The van der Waals surface area contributed by atoms with Gasteiger partial charge in [0.05, 0.1) is 5.70 Å². The average Bonchev–Trinajstić information content (AvgIpc) is 2.89. The summed E-state index contributed by atoms with van der Waals surface area (Å²) in [6.45, 7) is 14.5. The molecule has 2 N–H and O–H groups in total. The summed E-state index contributed by atoms with van der Waals surface area (Å²) in [5, 5.41) is 14.1. The Labute approximate surface area is 175 Å². The molecule has 2 rings (SSSR count). The minimum absolute atomic E-state index is 0.0575. The number of rotatable bonds is 8. The molecule has 1 amide bonds. The predicted molar refractivity (Wildman–Crippen MR) is 119 cm³/mol. The van der Waals surface area contributed by atoms with Crippen molar-refractivity contribution in [1.82, 2.24) is 5.32 Å². The van der Waals surface area contributed by atoms with Crippen molar-refractivity contribution in [2.45, 2.75) is 83.2 Å². The molecule has 0 spiro atoms. The van der Waals surface area contributed by atoms with Gasteiger partial charge in [0.1, 0.15) is 6.10 Å². The van der Waals surface area contributed by atoms with Crippen LogP contribution in [0.2, 0.25) is 16.6 Å². The molecule has 2 atom stereocenters. The van der Waals surface area contributed by atoms with E-state index in [1.165, 1.54) is 0 Å². The van der Waals surface area contributed by atoms with Gasteiger partial charge in [0.15, 0.2) is 5.78 Å². The van der Waals surface area contributed by atoms with Crippen LogP contribution in [0.1, 0.15) is 60.5 Å². The zero-order chi connectivity index (χ0) is 22.0. The molecule has 1 saturated heterocycles. The molecule has 1 aliphatic rings. The smallest absolute Gasteiger partial charge is 0.267 e. The lowest BCUT2D eigenvalue weighted by Gasteiger charge is -2.45. The third-order valence-corrected chi connectivity index (χ3v) is 12.2. The molecule has 1 aromatic carbocycles. The van der Waals surface area contributed by atoms with Crippen LogP contribution >= 0.6 is 0 Å². The molecule has 5 nitrogen and oxygen atoms in total. The fraction of sp³-hybridized carbons (Fsp3) is 0.565. The number of nitrogens with one attached hydrogen (secondary N) is 1. The number of carbonyl (C=O) groups excluding carboxylic acids is 2. The number of ketones is 1. The van der Waals surface area contributed by atoms with E-state index in [-0.39, 0.29) is 23.0 Å². The summed E-state index contributed by atoms with van der Waals surface area (Å²) in [5.74, 6) is -1.22. The first-order valence-corrected chi connectivity index (χ1v) is 12.7. The van der Waals surface area contributed by atoms with Gasteiger partial charge in [0.25, 0.3) is 5.91 Å². The van der Waals surface area contributed by atoms with Crippen LogP contribution in [0.3, 0.4) is 0 Å². The van der Waals surface area contributed by atoms with Crippen LogP contribution in [0.5, 0.6) is 0 Å². The van der Waals surface area contributed by atoms with Gasteiger partial charge >= 0.3 is 0 Å². The summed E-state index contributed by atoms with van der Waals surface area (Å²) in [7, 11) is -2.47. The molecule has 1 aliphatic heterocycles. The van der Waals surface area contributed by atoms with E-state index < -0.39 is 31.7 Å². The maximum absolute atomic E-state index is 12.8. The largest absolute Gasteiger partial charge is 0.404 e. The summed E-state index contributed by atoms with van der Waals surface area (Å²) in [5.41, 5.74) is -0.141. The number of aliphatic hydroxyl groups is 1. The zero-order valence-electron chi connectivity index (χ0n) is 18.7. The van der Waals surface area contributed by atoms with Gasteiger partial charge < -0.3 is 14.8 Å². The second-order valence-electron chi connectivity index (χ2n) is 8.82. The lowest BCUT2D eigenvalue weighted by Crippen LogP contribution is -2.59. The van der Waals surface area contributed by atoms with E-state index in [0.717, 1.165) is 5.56 Å². The van der Waals surface area contributed by atoms with E-state index in [9.17, 15) is 14.7 Å². The maximum Gasteiger partial charge on any atom is 0.267 e. The Bertz CT molecular complexity index is 751. The molecule has 0 aromatic heterocycles. The predicted octanol–water partition coefficient (Wildman–Crippen LogP) is 4.43. The molecule has 160 valence electrons. The van der Waals surface area contributed by atoms with Crippen LogP contribution in [-0.4, -0.2) is 36.8 Å². The van der Waals surface area contributed by atoms with Crippen LogP contribution in [0.4, 0.5) is 0 Å². The molecule has 29 heavy (non-hydrogen) atoms. The van der Waals surface area contributed by atoms with Crippen LogP contribution < -0.4 is 5.32 Å². The molecule has 0 unspecified atom stereocenters. The first kappa shape index (κ1) is 23.5. The van der Waals surface area contributed by atoms with Gasteiger partial charge in [-0.15, -0.1) is 0 Å². The van der Waals surface area contributed by atoms with Crippen molar-refractivity contribution < 1.29 is 19.1 Å². The Morgan fingerprint density at radius 1 is 1.14 bits per heavy atom. The number of hydrogen-bond donors (Lipinski definition) is 2. The Hall–Kier alpha value is -1.76. The first-order chi connectivity index (χ1) is 13.5. The van der Waals surface area contributed by atoms with Gasteiger partial charge in [-0.3, -0.25) is 9.59 Å². The second kappa shape index (κ2) is 8.94. The number of benzene rings is 1. The van der Waals surface area contributed by atoms with Crippen molar-refractivity contribution in [3.63, 3.8) is 0 Å². The Balaban J connectivity index is 2.64. The van der Waals surface area contributed by atoms with Crippen molar-refractivity contribution in [2.75, 3.05) is 0 Å². The lowest BCUT2D eigenvalue weighted by atomic mass is 9.91. The SMILES string of the molecule is CCC(=O)[C@]1(O)C(=O)N/C(=C\c2ccccc2)[C@@H]1O[Si](C(C)C)(C(C)C)C(C)C. The van der Waals surface area contributed by atoms with E-state index in [2.05, 4.69) is 46.9 Å². The zero-order valence-corrected chi connectivity index (χ0v) is 19.7. The van der Waals surface area contributed by atoms with Crippen molar-refractivity contribution in [3.8, 4) is 0 Å². The Kier molecular flexibility index (Phi) is 7.25. The van der Waals surface area contributed by atoms with Gasteiger partial charge in [-0.25, -0.2) is 0 Å². The summed E-state index contributed by atoms with van der Waals surface area (Å²) < 4.78 is 6.79. The lowest BCUT2D eigenvalue weighted by molar-refractivity contribution is -0.155. The molecule has 6 heteroatoms. The molecule has 1 aromatic rings. The van der Waals surface area contributed by atoms with Crippen molar-refractivity contribution in [2.24, 2.45) is 0 Å². The van der Waals surface area contributed by atoms with Crippen molar-refractivity contribution in [1.29, 1.82) is 0 Å². The summed E-state index contributed by atoms with van der Waals surface area (Å²) in [6, 6.07) is 9.53. The van der Waals surface area contributed by atoms with E-state index in [1.807, 2.05) is 30.3 Å². The van der Waals surface area contributed by atoms with Gasteiger partial charge in [-0.05, 0) is 28.3 Å². The molecular weight excluding hydrogens is 382 g/mol. The summed E-state index contributed by atoms with van der Waals surface area (Å²) in [6.07, 6.45) is 0.826. The number of Topliss-reactive ketones (excluding diaryl/α,β-unsaturated/α-hetero) is 1. The molecular formula is C23H35NO4Si. The van der Waals surface area contributed by atoms with Gasteiger partial charge in [0, 0.05) is 6.42 Å². The Morgan fingerprint density at radius 3 is 2.10 bits per heavy atom. The van der Waals surface area contributed by atoms with Gasteiger partial charge in [-0.1, -0.05) is 78.8 Å². The number of hydrogen-bond acceptors (Lipinski definition) is 4. The molecule has 0 radical (unpaired) electrons. The maximum atomic E-state index is 12.8.